The summed E-state index contributed by atoms with van der Waals surface area (Å²) in [6, 6.07) is 2.96. The molecule has 0 fully saturated rings. The predicted octanol–water partition coefficient (Wildman–Crippen LogP) is 1.59. The van der Waals surface area contributed by atoms with E-state index in [0.29, 0.717) is 24.5 Å². The number of nitrogens with two attached hydrogens (primary N) is 1. The molecule has 0 aliphatic rings. The molecule has 1 aromatic carbocycles. The maximum atomic E-state index is 12.3. The number of hydrogen-bond acceptors (Lipinski definition) is 4. The molecule has 1 atom stereocenters. The van der Waals surface area contributed by atoms with Crippen LogP contribution < -0.4 is 10.5 Å². The standard InChI is InChI=1S/C13H22N2O3S/c1-5-18-8-10(3)15-19(16,17)13-7-12(14)6-9(2)11(13)4/h6-7,10,15H,5,8,14H2,1-4H3. The van der Waals surface area contributed by atoms with Gasteiger partial charge in [0.15, 0.2) is 0 Å². The molecule has 0 amide bonds. The molecule has 1 aromatic rings. The molecule has 108 valence electrons. The SMILES string of the molecule is CCOCC(C)NS(=O)(=O)c1cc(N)cc(C)c1C. The number of nitrogen functional groups attached to an aromatic ring is 1. The molecule has 0 spiro atoms. The first-order valence-corrected chi connectivity index (χ1v) is 7.73. The van der Waals surface area contributed by atoms with Gasteiger partial charge in [-0.1, -0.05) is 0 Å². The summed E-state index contributed by atoms with van der Waals surface area (Å²) >= 11 is 0. The molecule has 0 radical (unpaired) electrons. The minimum absolute atomic E-state index is 0.230. The normalized spacial score (nSPS) is 13.5. The molecule has 0 bridgehead atoms. The number of benzene rings is 1. The average molecular weight is 286 g/mol. The van der Waals surface area contributed by atoms with Gasteiger partial charge in [-0.2, -0.15) is 0 Å². The smallest absolute Gasteiger partial charge is 0.241 e. The van der Waals surface area contributed by atoms with E-state index in [9.17, 15) is 8.42 Å². The fourth-order valence-electron chi connectivity index (χ4n) is 1.79. The Labute approximate surface area is 115 Å². The predicted molar refractivity (Wildman–Crippen MR) is 76.6 cm³/mol. The highest BCUT2D eigenvalue weighted by Crippen LogP contribution is 2.22. The number of anilines is 1. The second-order valence-corrected chi connectivity index (χ2v) is 6.33. The molecule has 6 heteroatoms. The van der Waals surface area contributed by atoms with E-state index in [1.165, 1.54) is 6.07 Å². The van der Waals surface area contributed by atoms with Gasteiger partial charge in [-0.25, -0.2) is 13.1 Å². The van der Waals surface area contributed by atoms with E-state index in [0.717, 1.165) is 5.56 Å². The molecule has 19 heavy (non-hydrogen) atoms. The zero-order valence-electron chi connectivity index (χ0n) is 11.9. The summed E-state index contributed by atoms with van der Waals surface area (Å²) in [5.74, 6) is 0. The molecule has 0 saturated heterocycles. The van der Waals surface area contributed by atoms with E-state index in [-0.39, 0.29) is 10.9 Å². The van der Waals surface area contributed by atoms with Gasteiger partial charge in [0.1, 0.15) is 0 Å². The molecular weight excluding hydrogens is 264 g/mol. The molecular formula is C13H22N2O3S. The summed E-state index contributed by atoms with van der Waals surface area (Å²) in [5, 5.41) is 0. The first-order chi connectivity index (χ1) is 8.77. The molecule has 1 rings (SSSR count). The molecule has 0 saturated carbocycles. The van der Waals surface area contributed by atoms with Crippen LogP contribution in [-0.2, 0) is 14.8 Å². The highest BCUT2D eigenvalue weighted by molar-refractivity contribution is 7.89. The van der Waals surface area contributed by atoms with Crippen molar-refractivity contribution in [2.45, 2.75) is 38.6 Å². The van der Waals surface area contributed by atoms with Crippen molar-refractivity contribution in [1.82, 2.24) is 4.72 Å². The second-order valence-electron chi connectivity index (χ2n) is 4.64. The van der Waals surface area contributed by atoms with Crippen LogP contribution in [0.5, 0.6) is 0 Å². The fraction of sp³-hybridized carbons (Fsp3) is 0.538. The Morgan fingerprint density at radius 1 is 1.37 bits per heavy atom. The van der Waals surface area contributed by atoms with Gasteiger partial charge >= 0.3 is 0 Å². The van der Waals surface area contributed by atoms with Gasteiger partial charge in [0.25, 0.3) is 0 Å². The number of sulfonamides is 1. The number of nitrogens with one attached hydrogen (secondary N) is 1. The van der Waals surface area contributed by atoms with Gasteiger partial charge in [-0.15, -0.1) is 0 Å². The van der Waals surface area contributed by atoms with Crippen LogP contribution in [0.3, 0.4) is 0 Å². The molecule has 5 nitrogen and oxygen atoms in total. The third-order valence-electron chi connectivity index (χ3n) is 2.86. The molecule has 0 aliphatic carbocycles. The molecule has 0 aliphatic heterocycles. The Kier molecular flexibility index (Phi) is 5.34. The van der Waals surface area contributed by atoms with Gasteiger partial charge in [-0.3, -0.25) is 0 Å². The zero-order valence-corrected chi connectivity index (χ0v) is 12.7. The lowest BCUT2D eigenvalue weighted by molar-refractivity contribution is 0.133. The minimum Gasteiger partial charge on any atom is -0.399 e. The first-order valence-electron chi connectivity index (χ1n) is 6.24. The van der Waals surface area contributed by atoms with Crippen LogP contribution in [0, 0.1) is 13.8 Å². The van der Waals surface area contributed by atoms with Crippen LogP contribution in [0.4, 0.5) is 5.69 Å². The van der Waals surface area contributed by atoms with Gasteiger partial charge in [0, 0.05) is 18.3 Å². The maximum absolute atomic E-state index is 12.3. The Balaban J connectivity index is 3.01. The third-order valence-corrected chi connectivity index (χ3v) is 4.58. The number of hydrogen-bond donors (Lipinski definition) is 2. The number of ether oxygens (including phenoxy) is 1. The monoisotopic (exact) mass is 286 g/mol. The molecule has 0 heterocycles. The van der Waals surface area contributed by atoms with E-state index in [2.05, 4.69) is 4.72 Å². The lowest BCUT2D eigenvalue weighted by Crippen LogP contribution is -2.36. The Bertz CT molecular complexity index is 541. The average Bonchev–Trinajstić information content (AvgIpc) is 2.30. The minimum atomic E-state index is -3.58. The zero-order chi connectivity index (χ0) is 14.6. The Morgan fingerprint density at radius 3 is 2.58 bits per heavy atom. The van der Waals surface area contributed by atoms with E-state index in [1.54, 1.807) is 19.9 Å². The summed E-state index contributed by atoms with van der Waals surface area (Å²) in [6.45, 7) is 8.15. The quantitative estimate of drug-likeness (QED) is 0.778. The van der Waals surface area contributed by atoms with Crippen molar-refractivity contribution in [2.75, 3.05) is 18.9 Å². The lowest BCUT2D eigenvalue weighted by Gasteiger charge is -2.16. The van der Waals surface area contributed by atoms with Crippen LogP contribution in [0.15, 0.2) is 17.0 Å². The molecule has 0 aromatic heterocycles. The van der Waals surface area contributed by atoms with Gasteiger partial charge < -0.3 is 10.5 Å². The summed E-state index contributed by atoms with van der Waals surface area (Å²) in [5.41, 5.74) is 7.74. The Hall–Kier alpha value is -1.11. The second kappa shape index (κ2) is 6.36. The summed E-state index contributed by atoms with van der Waals surface area (Å²) in [4.78, 5) is 0.230. The van der Waals surface area contributed by atoms with Crippen LogP contribution in [0.1, 0.15) is 25.0 Å². The van der Waals surface area contributed by atoms with Gasteiger partial charge in [-0.05, 0) is 51.0 Å². The summed E-state index contributed by atoms with van der Waals surface area (Å²) < 4.78 is 32.4. The van der Waals surface area contributed by atoms with Crippen molar-refractivity contribution in [3.05, 3.63) is 23.3 Å². The molecule has 1 unspecified atom stereocenters. The largest absolute Gasteiger partial charge is 0.399 e. The van der Waals surface area contributed by atoms with E-state index < -0.39 is 10.0 Å². The highest BCUT2D eigenvalue weighted by atomic mass is 32.2. The van der Waals surface area contributed by atoms with Crippen molar-refractivity contribution >= 4 is 15.7 Å². The highest BCUT2D eigenvalue weighted by Gasteiger charge is 2.20. The van der Waals surface area contributed by atoms with E-state index >= 15 is 0 Å². The van der Waals surface area contributed by atoms with Crippen LogP contribution in [0.2, 0.25) is 0 Å². The van der Waals surface area contributed by atoms with Crippen LogP contribution in [-0.4, -0.2) is 27.7 Å². The van der Waals surface area contributed by atoms with Crippen LogP contribution >= 0.6 is 0 Å². The van der Waals surface area contributed by atoms with Crippen molar-refractivity contribution < 1.29 is 13.2 Å². The van der Waals surface area contributed by atoms with E-state index in [4.69, 9.17) is 10.5 Å². The van der Waals surface area contributed by atoms with Gasteiger partial charge in [0.2, 0.25) is 10.0 Å². The van der Waals surface area contributed by atoms with Crippen LogP contribution in [0.25, 0.3) is 0 Å². The summed E-state index contributed by atoms with van der Waals surface area (Å²) in [7, 11) is -3.58. The first kappa shape index (κ1) is 15.9. The maximum Gasteiger partial charge on any atom is 0.241 e. The lowest BCUT2D eigenvalue weighted by atomic mass is 10.1. The van der Waals surface area contributed by atoms with E-state index in [1.807, 2.05) is 13.8 Å². The number of aryl methyl sites for hydroxylation is 1. The number of rotatable bonds is 6. The van der Waals surface area contributed by atoms with Gasteiger partial charge in [0.05, 0.1) is 11.5 Å². The van der Waals surface area contributed by atoms with Crippen molar-refractivity contribution in [3.8, 4) is 0 Å². The fourth-order valence-corrected chi connectivity index (χ4v) is 3.37. The molecule has 3 N–H and O–H groups in total. The van der Waals surface area contributed by atoms with Crippen molar-refractivity contribution in [1.29, 1.82) is 0 Å². The third kappa shape index (κ3) is 4.19. The topological polar surface area (TPSA) is 81.4 Å². The Morgan fingerprint density at radius 2 is 2.00 bits per heavy atom. The van der Waals surface area contributed by atoms with Crippen molar-refractivity contribution in [2.24, 2.45) is 0 Å². The van der Waals surface area contributed by atoms with Crippen molar-refractivity contribution in [3.63, 3.8) is 0 Å². The summed E-state index contributed by atoms with van der Waals surface area (Å²) in [6.07, 6.45) is 0.